The van der Waals surface area contributed by atoms with Crippen molar-refractivity contribution in [2.75, 3.05) is 10.8 Å². The van der Waals surface area contributed by atoms with Crippen LogP contribution in [0.4, 0.5) is 5.69 Å². The van der Waals surface area contributed by atoms with E-state index < -0.39 is 22.5 Å². The number of nitrogens with one attached hydrogen (secondary N) is 1. The van der Waals surface area contributed by atoms with Gasteiger partial charge in [-0.15, -0.1) is 0 Å². The highest BCUT2D eigenvalue weighted by atomic mass is 35.5. The number of aryl methyl sites for hydroxylation is 1. The zero-order valence-corrected chi connectivity index (χ0v) is 18.3. The van der Waals surface area contributed by atoms with E-state index in [9.17, 15) is 13.2 Å². The molecule has 0 unspecified atom stereocenters. The van der Waals surface area contributed by atoms with E-state index in [0.717, 1.165) is 15.4 Å². The molecule has 156 valence electrons. The first-order chi connectivity index (χ1) is 14.3. The summed E-state index contributed by atoms with van der Waals surface area (Å²) in [5.74, 6) is -0.428. The molecule has 0 aliphatic heterocycles. The molecule has 0 aromatic heterocycles. The molecule has 0 bridgehead atoms. The molecule has 0 saturated heterocycles. The lowest BCUT2D eigenvalue weighted by Crippen LogP contribution is -2.41. The minimum absolute atomic E-state index is 0.0873. The van der Waals surface area contributed by atoms with E-state index in [2.05, 4.69) is 5.32 Å². The average molecular weight is 443 g/mol. The molecule has 0 aliphatic rings. The lowest BCUT2D eigenvalue weighted by atomic mass is 10.1. The van der Waals surface area contributed by atoms with Gasteiger partial charge in [-0.1, -0.05) is 71.8 Å². The summed E-state index contributed by atoms with van der Waals surface area (Å²) in [6.45, 7) is 3.45. The van der Waals surface area contributed by atoms with Crippen LogP contribution in [0.15, 0.2) is 83.8 Å². The van der Waals surface area contributed by atoms with Crippen molar-refractivity contribution in [1.29, 1.82) is 0 Å². The Kier molecular flexibility index (Phi) is 6.80. The Balaban J connectivity index is 1.88. The van der Waals surface area contributed by atoms with Crippen LogP contribution in [-0.2, 0) is 14.8 Å². The highest BCUT2D eigenvalue weighted by molar-refractivity contribution is 7.92. The quantitative estimate of drug-likeness (QED) is 0.575. The molecular weight excluding hydrogens is 420 g/mol. The molecule has 7 heteroatoms. The summed E-state index contributed by atoms with van der Waals surface area (Å²) in [5, 5.41) is 3.12. The van der Waals surface area contributed by atoms with E-state index in [1.807, 2.05) is 38.1 Å². The van der Waals surface area contributed by atoms with Crippen molar-refractivity contribution in [2.24, 2.45) is 0 Å². The van der Waals surface area contributed by atoms with Gasteiger partial charge >= 0.3 is 0 Å². The number of halogens is 1. The predicted octanol–water partition coefficient (Wildman–Crippen LogP) is 4.72. The van der Waals surface area contributed by atoms with Crippen LogP contribution in [-0.4, -0.2) is 20.9 Å². The Bertz CT molecular complexity index is 1120. The summed E-state index contributed by atoms with van der Waals surface area (Å²) in [4.78, 5) is 12.9. The number of anilines is 1. The lowest BCUT2D eigenvalue weighted by Gasteiger charge is -2.26. The Morgan fingerprint density at radius 3 is 2.20 bits per heavy atom. The van der Waals surface area contributed by atoms with Crippen molar-refractivity contribution in [2.45, 2.75) is 24.8 Å². The Labute approximate surface area is 182 Å². The number of nitrogens with zero attached hydrogens (tertiary/aromatic N) is 1. The third-order valence-electron chi connectivity index (χ3n) is 4.69. The van der Waals surface area contributed by atoms with Gasteiger partial charge in [0.05, 0.1) is 21.6 Å². The Hall–Kier alpha value is -2.83. The third kappa shape index (κ3) is 5.01. The van der Waals surface area contributed by atoms with Gasteiger partial charge < -0.3 is 5.32 Å². The third-order valence-corrected chi connectivity index (χ3v) is 6.79. The number of benzene rings is 3. The first kappa shape index (κ1) is 21.9. The maximum atomic E-state index is 13.3. The van der Waals surface area contributed by atoms with Crippen LogP contribution >= 0.6 is 11.6 Å². The maximum absolute atomic E-state index is 13.3. The molecule has 0 saturated carbocycles. The molecule has 0 fully saturated rings. The molecule has 30 heavy (non-hydrogen) atoms. The Morgan fingerprint density at radius 1 is 0.967 bits per heavy atom. The molecule has 1 N–H and O–H groups in total. The molecule has 3 aromatic carbocycles. The van der Waals surface area contributed by atoms with Gasteiger partial charge in [0.1, 0.15) is 6.54 Å². The fourth-order valence-corrected chi connectivity index (χ4v) is 4.78. The number of hydrogen-bond acceptors (Lipinski definition) is 3. The summed E-state index contributed by atoms with van der Waals surface area (Å²) in [5.41, 5.74) is 2.31. The minimum Gasteiger partial charge on any atom is -0.348 e. The summed E-state index contributed by atoms with van der Waals surface area (Å²) in [6.07, 6.45) is 0. The van der Waals surface area contributed by atoms with Crippen LogP contribution in [0.25, 0.3) is 0 Å². The first-order valence-corrected chi connectivity index (χ1v) is 11.3. The second kappa shape index (κ2) is 9.32. The molecule has 1 amide bonds. The van der Waals surface area contributed by atoms with Crippen molar-refractivity contribution in [1.82, 2.24) is 5.32 Å². The molecule has 5 nitrogen and oxygen atoms in total. The van der Waals surface area contributed by atoms with Crippen LogP contribution in [0.5, 0.6) is 0 Å². The molecule has 3 rings (SSSR count). The molecule has 0 aliphatic carbocycles. The normalized spacial score (nSPS) is 12.2. The number of carbonyl (C=O) groups is 1. The van der Waals surface area contributed by atoms with Crippen molar-refractivity contribution >= 4 is 33.2 Å². The summed E-state index contributed by atoms with van der Waals surface area (Å²) >= 11 is 6.27. The first-order valence-electron chi connectivity index (χ1n) is 9.47. The summed E-state index contributed by atoms with van der Waals surface area (Å²) in [6, 6.07) is 22.1. The largest absolute Gasteiger partial charge is 0.348 e. The monoisotopic (exact) mass is 442 g/mol. The SMILES string of the molecule is Cc1ccc([C@@H](C)NC(=O)CN(c2ccccc2Cl)S(=O)(=O)c2ccccc2)cc1. The standard InChI is InChI=1S/C23H23ClN2O3S/c1-17-12-14-19(15-13-17)18(2)25-23(27)16-26(22-11-7-6-10-21(22)24)30(28,29)20-8-4-3-5-9-20/h3-15,18H,16H2,1-2H3,(H,25,27)/t18-/m1/s1. The second-order valence-corrected chi connectivity index (χ2v) is 9.25. The van der Waals surface area contributed by atoms with Crippen LogP contribution in [0.1, 0.15) is 24.1 Å². The van der Waals surface area contributed by atoms with Gasteiger partial charge in [0.15, 0.2) is 0 Å². The van der Waals surface area contributed by atoms with E-state index in [1.54, 1.807) is 42.5 Å². The highest BCUT2D eigenvalue weighted by Gasteiger charge is 2.28. The lowest BCUT2D eigenvalue weighted by molar-refractivity contribution is -0.120. The van der Waals surface area contributed by atoms with Crippen molar-refractivity contribution in [3.8, 4) is 0 Å². The average Bonchev–Trinajstić information content (AvgIpc) is 2.73. The fourth-order valence-electron chi connectivity index (χ4n) is 3.03. The van der Waals surface area contributed by atoms with E-state index in [0.29, 0.717) is 0 Å². The maximum Gasteiger partial charge on any atom is 0.264 e. The molecule has 0 spiro atoms. The molecule has 1 atom stereocenters. The topological polar surface area (TPSA) is 66.5 Å². The zero-order chi connectivity index (χ0) is 21.7. The van der Waals surface area contributed by atoms with Gasteiger partial charge in [-0.2, -0.15) is 0 Å². The van der Waals surface area contributed by atoms with E-state index in [-0.39, 0.29) is 21.6 Å². The minimum atomic E-state index is -3.99. The van der Waals surface area contributed by atoms with E-state index >= 15 is 0 Å². The molecule has 3 aromatic rings. The van der Waals surface area contributed by atoms with Gasteiger partial charge in [0.2, 0.25) is 5.91 Å². The number of hydrogen-bond donors (Lipinski definition) is 1. The van der Waals surface area contributed by atoms with E-state index in [1.165, 1.54) is 12.1 Å². The van der Waals surface area contributed by atoms with Crippen LogP contribution in [0.3, 0.4) is 0 Å². The van der Waals surface area contributed by atoms with Crippen LogP contribution < -0.4 is 9.62 Å². The Morgan fingerprint density at radius 2 is 1.57 bits per heavy atom. The van der Waals surface area contributed by atoms with Gasteiger partial charge in [0, 0.05) is 0 Å². The highest BCUT2D eigenvalue weighted by Crippen LogP contribution is 2.30. The van der Waals surface area contributed by atoms with Crippen LogP contribution in [0, 0.1) is 6.92 Å². The molecular formula is C23H23ClN2O3S. The van der Waals surface area contributed by atoms with Gasteiger partial charge in [-0.3, -0.25) is 9.10 Å². The molecule has 0 heterocycles. The fraction of sp³-hybridized carbons (Fsp3) is 0.174. The molecule has 0 radical (unpaired) electrons. The number of sulfonamides is 1. The van der Waals surface area contributed by atoms with Crippen molar-refractivity contribution in [3.05, 3.63) is 95.0 Å². The van der Waals surface area contributed by atoms with Crippen LogP contribution in [0.2, 0.25) is 5.02 Å². The predicted molar refractivity (Wildman–Crippen MR) is 120 cm³/mol. The number of rotatable bonds is 7. The number of amides is 1. The zero-order valence-electron chi connectivity index (χ0n) is 16.7. The number of carbonyl (C=O) groups excluding carboxylic acids is 1. The van der Waals surface area contributed by atoms with E-state index in [4.69, 9.17) is 11.6 Å². The van der Waals surface area contributed by atoms with Crippen molar-refractivity contribution < 1.29 is 13.2 Å². The smallest absolute Gasteiger partial charge is 0.264 e. The van der Waals surface area contributed by atoms with Gasteiger partial charge in [-0.25, -0.2) is 8.42 Å². The number of para-hydroxylation sites is 1. The van der Waals surface area contributed by atoms with Gasteiger partial charge in [-0.05, 0) is 43.7 Å². The van der Waals surface area contributed by atoms with Gasteiger partial charge in [0.25, 0.3) is 10.0 Å². The summed E-state index contributed by atoms with van der Waals surface area (Å²) < 4.78 is 27.6. The summed E-state index contributed by atoms with van der Waals surface area (Å²) in [7, 11) is -3.99. The van der Waals surface area contributed by atoms with Crippen molar-refractivity contribution in [3.63, 3.8) is 0 Å². The second-order valence-electron chi connectivity index (χ2n) is 6.98.